The van der Waals surface area contributed by atoms with Crippen molar-refractivity contribution in [3.8, 4) is 82.9 Å². The Balaban J connectivity index is 0.000000233. The van der Waals surface area contributed by atoms with E-state index in [0.717, 1.165) is 12.1 Å². The molecule has 14 aromatic carbocycles. The molecule has 0 spiro atoms. The van der Waals surface area contributed by atoms with Gasteiger partial charge in [-0.25, -0.2) is 38.2 Å². The van der Waals surface area contributed by atoms with E-state index in [1.54, 1.807) is 0 Å². The molecule has 0 amide bonds. The first kappa shape index (κ1) is 105. The molecule has 16 heteroatoms. The molecule has 0 aliphatic heterocycles. The van der Waals surface area contributed by atoms with Crippen LogP contribution in [0.2, 0.25) is 0 Å². The quantitative estimate of drug-likeness (QED) is 0.0286. The standard InChI is InChI=1S/4C21H21P.C16.2C6F5.2Pt/c4*1-16-4-10-19(11-5-16)22(20-12-6-17(2)7-13-20)21-14-8-18(3)9-15-21;1-3-5-7-9-11-13-15-16-14-12-10-8-6-4-2;2*7-2-1-3(8)5(10)6(11)4(2)9;;/h4*4-15H,1-3H3;;;;;/q;;;;-2;2*-1;2*+2. The summed E-state index contributed by atoms with van der Waals surface area (Å²) in [6.07, 6.45) is 12.9. The predicted molar refractivity (Wildman–Crippen MR) is 508 cm³/mol. The largest absolute Gasteiger partial charge is 2.00 e. The Kier molecular flexibility index (Phi) is 44.4. The maximum Gasteiger partial charge on any atom is 2.00 e. The Labute approximate surface area is 782 Å². The molecule has 0 atom stereocenters. The van der Waals surface area contributed by atoms with Gasteiger partial charge in [-0.15, -0.1) is 24.0 Å². The number of halogens is 10. The van der Waals surface area contributed by atoms with E-state index < -0.39 is 89.9 Å². The van der Waals surface area contributed by atoms with Crippen LogP contribution in [0.3, 0.4) is 0 Å². The van der Waals surface area contributed by atoms with Gasteiger partial charge in [0.1, 0.15) is 0 Å². The van der Waals surface area contributed by atoms with Gasteiger partial charge in [0.2, 0.25) is 0 Å². The first-order valence-electron chi connectivity index (χ1n) is 39.2. The summed E-state index contributed by atoms with van der Waals surface area (Å²) in [6, 6.07) is 110. The third-order valence-corrected chi connectivity index (χ3v) is 28.1. The van der Waals surface area contributed by atoms with Crippen LogP contribution in [0.25, 0.3) is 0 Å². The minimum Gasteiger partial charge on any atom is -0.358 e. The van der Waals surface area contributed by atoms with Gasteiger partial charge in [-0.05, 0) is 226 Å². The molecule has 0 bridgehead atoms. The number of hydrogen-bond donors (Lipinski definition) is 0. The van der Waals surface area contributed by atoms with Crippen LogP contribution in [0.1, 0.15) is 66.8 Å². The Bertz CT molecular complexity index is 5310. The third-order valence-electron chi connectivity index (χ3n) is 18.3. The molecule has 14 aromatic rings. The normalized spacial score (nSPS) is 9.72. The van der Waals surface area contributed by atoms with Crippen molar-refractivity contribution < 1.29 is 86.0 Å². The molecule has 0 N–H and O–H groups in total. The summed E-state index contributed by atoms with van der Waals surface area (Å²) in [7, 11) is -1.93. The molecule has 0 nitrogen and oxygen atoms in total. The molecule has 0 aliphatic carbocycles. The smallest absolute Gasteiger partial charge is 0.358 e. The molecular weight excluding hydrogens is 2050 g/mol. The van der Waals surface area contributed by atoms with E-state index in [0.29, 0.717) is 0 Å². The second-order valence-electron chi connectivity index (χ2n) is 28.5. The van der Waals surface area contributed by atoms with E-state index in [9.17, 15) is 43.9 Å². The molecule has 0 aliphatic rings. The SMILES string of the molecule is Cc1ccc(P(c2ccc(C)cc2)c2ccc(C)cc2)cc1.Cc1ccc(P(c2ccc(C)cc2)c2ccc(C)cc2)cc1.Cc1ccc(P(c2ccc(C)cc2)c2ccc(C)cc2)cc1.Cc1ccc(P(c2ccc(C)cc2)c2ccc(C)cc2)cc1.Fc1[c-]c(F)c(F)c(F)c1F.Fc1[c-]c(F)c(F)c(F)c1F.[C-]#CC#CC#CC#CC#CC#CC#CC#[C-].[Pt+2].[Pt+2]. The summed E-state index contributed by atoms with van der Waals surface area (Å²) in [5, 5.41) is 16.9. The molecule has 642 valence electrons. The van der Waals surface area contributed by atoms with Gasteiger partial charge >= 0.3 is 42.1 Å². The first-order valence-corrected chi connectivity index (χ1v) is 44.5. The van der Waals surface area contributed by atoms with Gasteiger partial charge in [0.05, 0.1) is 58.2 Å². The van der Waals surface area contributed by atoms with Gasteiger partial charge in [-0.2, -0.15) is 0 Å². The Morgan fingerprint density at radius 3 is 0.352 bits per heavy atom. The second-order valence-corrected chi connectivity index (χ2v) is 37.4. The van der Waals surface area contributed by atoms with Gasteiger partial charge in [0, 0.05) is 0 Å². The van der Waals surface area contributed by atoms with Crippen LogP contribution < -0.4 is 63.7 Å². The van der Waals surface area contributed by atoms with Crippen LogP contribution in [0.4, 0.5) is 43.9 Å². The second kappa shape index (κ2) is 54.2. The number of hydrogen-bond acceptors (Lipinski definition) is 0. The molecular formula is C112H84F10P4Pt2. The monoisotopic (exact) mass is 2130 g/mol. The maximum atomic E-state index is 12.0. The summed E-state index contributed by atoms with van der Waals surface area (Å²) < 4.78 is 120. The summed E-state index contributed by atoms with van der Waals surface area (Å²) in [5.41, 5.74) is 15.7. The van der Waals surface area contributed by atoms with Gasteiger partial charge in [0.15, 0.2) is 0 Å². The van der Waals surface area contributed by atoms with E-state index >= 15 is 0 Å². The molecule has 0 aromatic heterocycles. The van der Waals surface area contributed by atoms with Crippen LogP contribution >= 0.6 is 31.7 Å². The minimum atomic E-state index is -2.17. The topological polar surface area (TPSA) is 0 Å². The van der Waals surface area contributed by atoms with E-state index in [1.165, 1.54) is 130 Å². The summed E-state index contributed by atoms with van der Waals surface area (Å²) in [4.78, 5) is 0. The molecule has 0 unspecified atom stereocenters. The van der Waals surface area contributed by atoms with Crippen molar-refractivity contribution in [3.63, 3.8) is 0 Å². The van der Waals surface area contributed by atoms with Gasteiger partial charge in [0.25, 0.3) is 0 Å². The van der Waals surface area contributed by atoms with Crippen LogP contribution in [-0.4, -0.2) is 0 Å². The van der Waals surface area contributed by atoms with Gasteiger partial charge in [-0.3, -0.25) is 29.4 Å². The van der Waals surface area contributed by atoms with Crippen molar-refractivity contribution in [2.75, 3.05) is 0 Å². The summed E-state index contributed by atoms with van der Waals surface area (Å²) in [6.45, 7) is 25.7. The van der Waals surface area contributed by atoms with Crippen LogP contribution in [-0.2, 0) is 42.1 Å². The fourth-order valence-electron chi connectivity index (χ4n) is 11.5. The molecule has 128 heavy (non-hydrogen) atoms. The zero-order chi connectivity index (χ0) is 91.2. The van der Waals surface area contributed by atoms with E-state index in [-0.39, 0.29) is 42.1 Å². The predicted octanol–water partition coefficient (Wildman–Crippen LogP) is 22.0. The summed E-state index contributed by atoms with van der Waals surface area (Å²) >= 11 is 0. The Morgan fingerprint density at radius 1 is 0.164 bits per heavy atom. The molecule has 0 fully saturated rings. The fraction of sp³-hybridized carbons (Fsp3) is 0.107. The van der Waals surface area contributed by atoms with Crippen molar-refractivity contribution >= 4 is 95.3 Å². The minimum absolute atomic E-state index is 0. The van der Waals surface area contributed by atoms with Crippen LogP contribution in [0, 0.1) is 249 Å². The van der Waals surface area contributed by atoms with Crippen molar-refractivity contribution in [3.05, 3.63) is 441 Å². The van der Waals surface area contributed by atoms with Crippen molar-refractivity contribution in [2.24, 2.45) is 0 Å². The Hall–Kier alpha value is -12.0. The molecule has 14 rings (SSSR count). The molecule has 0 saturated heterocycles. The van der Waals surface area contributed by atoms with E-state index in [1.807, 2.05) is 11.8 Å². The molecule has 0 heterocycles. The molecule has 0 saturated carbocycles. The third kappa shape index (κ3) is 33.3. The average Bonchev–Trinajstić information content (AvgIpc) is 0.813. The zero-order valence-electron chi connectivity index (χ0n) is 71.9. The van der Waals surface area contributed by atoms with E-state index in [2.05, 4.69) is 445 Å². The van der Waals surface area contributed by atoms with Crippen molar-refractivity contribution in [1.29, 1.82) is 0 Å². The fourth-order valence-corrected chi connectivity index (χ4v) is 20.4. The zero-order valence-corrected chi connectivity index (χ0v) is 80.0. The van der Waals surface area contributed by atoms with Crippen LogP contribution in [0.5, 0.6) is 0 Å². The van der Waals surface area contributed by atoms with Gasteiger partial charge < -0.3 is 12.8 Å². The first-order chi connectivity index (χ1) is 60.5. The number of aryl methyl sites for hydroxylation is 12. The van der Waals surface area contributed by atoms with E-state index in [4.69, 9.17) is 12.8 Å². The number of benzene rings is 14. The van der Waals surface area contributed by atoms with Crippen molar-refractivity contribution in [2.45, 2.75) is 83.1 Å². The Morgan fingerprint density at radius 2 is 0.258 bits per heavy atom. The van der Waals surface area contributed by atoms with Gasteiger partial charge in [-0.1, -0.05) is 358 Å². The van der Waals surface area contributed by atoms with Crippen molar-refractivity contribution in [1.82, 2.24) is 0 Å². The maximum absolute atomic E-state index is 12.0. The summed E-state index contributed by atoms with van der Waals surface area (Å²) in [5.74, 6) is 12.0. The molecule has 0 radical (unpaired) electrons. The van der Waals surface area contributed by atoms with Crippen LogP contribution in [0.15, 0.2) is 291 Å². The number of rotatable bonds is 12. The average molecular weight is 2130 g/mol.